The maximum absolute atomic E-state index is 0. The molecule has 0 aromatic heterocycles. The molecular formula is H8CaMgS2. The molecule has 0 aromatic rings. The van der Waals surface area contributed by atoms with E-state index < -0.39 is 0 Å². The van der Waals surface area contributed by atoms with E-state index in [-0.39, 0.29) is 93.5 Å². The topological polar surface area (TPSA) is 0 Å². The van der Waals surface area contributed by atoms with Crippen LogP contribution >= 0.6 is 27.0 Å². The van der Waals surface area contributed by atoms with Crippen molar-refractivity contribution in [2.24, 2.45) is 0 Å². The SMILES string of the molecule is S.S.[Ca+2].[H-].[H-].[H-].[H-].[Mg+2]. The van der Waals surface area contributed by atoms with Crippen molar-refractivity contribution in [3.05, 3.63) is 0 Å². The molecule has 0 aliphatic carbocycles. The molecule has 0 bridgehead atoms. The van der Waals surface area contributed by atoms with E-state index in [2.05, 4.69) is 0 Å². The molecular weight excluding hydrogens is 129 g/mol. The Hall–Kier alpha value is 2.73. The van der Waals surface area contributed by atoms with Gasteiger partial charge in [-0.15, -0.1) is 0 Å². The quantitative estimate of drug-likeness (QED) is 0.409. The fraction of sp³-hybridized carbons (Fsp3) is 0. The van der Waals surface area contributed by atoms with Crippen LogP contribution in [0.3, 0.4) is 0 Å². The van der Waals surface area contributed by atoms with E-state index >= 15 is 0 Å². The van der Waals surface area contributed by atoms with Crippen molar-refractivity contribution in [2.75, 3.05) is 0 Å². The van der Waals surface area contributed by atoms with Crippen LogP contribution in [0.1, 0.15) is 5.71 Å². The minimum atomic E-state index is 0. The van der Waals surface area contributed by atoms with Crippen LogP contribution in [0.25, 0.3) is 0 Å². The van der Waals surface area contributed by atoms with Crippen LogP contribution < -0.4 is 0 Å². The third-order valence-electron chi connectivity index (χ3n) is 0. The Morgan fingerprint density at radius 3 is 1.00 bits per heavy atom. The molecule has 0 saturated heterocycles. The van der Waals surface area contributed by atoms with Crippen molar-refractivity contribution >= 4 is 87.8 Å². The molecule has 0 atom stereocenters. The van der Waals surface area contributed by atoms with Gasteiger partial charge in [0.15, 0.2) is 0 Å². The average molecular weight is 137 g/mol. The van der Waals surface area contributed by atoms with Crippen LogP contribution in [0.2, 0.25) is 0 Å². The summed E-state index contributed by atoms with van der Waals surface area (Å²) in [4.78, 5) is 0. The summed E-state index contributed by atoms with van der Waals surface area (Å²) in [5.41, 5.74) is 0. The van der Waals surface area contributed by atoms with E-state index in [0.29, 0.717) is 0 Å². The van der Waals surface area contributed by atoms with Crippen LogP contribution in [0, 0.1) is 0 Å². The van der Waals surface area contributed by atoms with Gasteiger partial charge in [-0.3, -0.25) is 0 Å². The summed E-state index contributed by atoms with van der Waals surface area (Å²) in [5, 5.41) is 0. The van der Waals surface area contributed by atoms with Crippen LogP contribution in [-0.4, -0.2) is 60.8 Å². The Balaban J connectivity index is 0. The fourth-order valence-electron chi connectivity index (χ4n) is 0. The molecule has 0 aliphatic rings. The number of rotatable bonds is 0. The van der Waals surface area contributed by atoms with E-state index in [9.17, 15) is 0 Å². The van der Waals surface area contributed by atoms with E-state index in [1.807, 2.05) is 0 Å². The first kappa shape index (κ1) is 29.7. The summed E-state index contributed by atoms with van der Waals surface area (Å²) < 4.78 is 0. The van der Waals surface area contributed by atoms with Gasteiger partial charge in [-0.2, -0.15) is 27.0 Å². The van der Waals surface area contributed by atoms with Crippen LogP contribution in [0.4, 0.5) is 0 Å². The third-order valence-corrected chi connectivity index (χ3v) is 0. The fourth-order valence-corrected chi connectivity index (χ4v) is 0. The van der Waals surface area contributed by atoms with Crippen molar-refractivity contribution < 1.29 is 5.71 Å². The van der Waals surface area contributed by atoms with Gasteiger partial charge in [0.25, 0.3) is 0 Å². The molecule has 0 unspecified atom stereocenters. The van der Waals surface area contributed by atoms with Crippen LogP contribution in [0.15, 0.2) is 0 Å². The van der Waals surface area contributed by atoms with Gasteiger partial charge in [-0.25, -0.2) is 0 Å². The molecule has 0 heterocycles. The third kappa shape index (κ3) is 8.83. The minimum absolute atomic E-state index is 0. The molecule has 0 fully saturated rings. The second kappa shape index (κ2) is 17.2. The molecule has 0 radical (unpaired) electrons. The van der Waals surface area contributed by atoms with E-state index in [0.717, 1.165) is 0 Å². The zero-order valence-corrected chi connectivity index (χ0v) is 8.04. The summed E-state index contributed by atoms with van der Waals surface area (Å²) >= 11 is 0. The Bertz CT molecular complexity index is 14.0. The Kier molecular flexibility index (Phi) is 128. The van der Waals surface area contributed by atoms with Gasteiger partial charge in [-0.05, 0) is 0 Å². The number of hydrogen-bond donors (Lipinski definition) is 0. The molecule has 0 amide bonds. The first-order chi connectivity index (χ1) is 0. The normalized spacial score (nSPS) is 0. The van der Waals surface area contributed by atoms with Gasteiger partial charge in [0.05, 0.1) is 0 Å². The van der Waals surface area contributed by atoms with Crippen molar-refractivity contribution in [2.45, 2.75) is 0 Å². The molecule has 0 nitrogen and oxygen atoms in total. The summed E-state index contributed by atoms with van der Waals surface area (Å²) in [6.45, 7) is 0. The standard InChI is InChI=1S/Ca.Mg.2H2S.4H/h;;2*1H2;;;;/q2*+2;;;4*-1. The average Bonchev–Trinajstić information content (AvgIpc) is 0. The summed E-state index contributed by atoms with van der Waals surface area (Å²) in [6, 6.07) is 0. The first-order valence-electron chi connectivity index (χ1n) is 0. The van der Waals surface area contributed by atoms with Crippen molar-refractivity contribution in [1.82, 2.24) is 0 Å². The zero-order chi connectivity index (χ0) is 0. The molecule has 0 rings (SSSR count). The molecule has 4 heteroatoms. The first-order valence-corrected chi connectivity index (χ1v) is 0. The Labute approximate surface area is 92.1 Å². The molecule has 4 heavy (non-hydrogen) atoms. The summed E-state index contributed by atoms with van der Waals surface area (Å²) in [6.07, 6.45) is 0. The maximum atomic E-state index is 0. The Morgan fingerprint density at radius 2 is 1.00 bits per heavy atom. The van der Waals surface area contributed by atoms with Gasteiger partial charge >= 0.3 is 60.8 Å². The van der Waals surface area contributed by atoms with E-state index in [4.69, 9.17) is 0 Å². The van der Waals surface area contributed by atoms with Crippen molar-refractivity contribution in [3.63, 3.8) is 0 Å². The second-order valence-electron chi connectivity index (χ2n) is 0. The van der Waals surface area contributed by atoms with Gasteiger partial charge < -0.3 is 5.71 Å². The van der Waals surface area contributed by atoms with Gasteiger partial charge in [0.2, 0.25) is 0 Å². The van der Waals surface area contributed by atoms with E-state index in [1.165, 1.54) is 0 Å². The molecule has 0 spiro atoms. The number of hydrogen-bond acceptors (Lipinski definition) is 0. The molecule has 0 saturated carbocycles. The van der Waals surface area contributed by atoms with E-state index in [1.54, 1.807) is 0 Å². The molecule has 0 aromatic carbocycles. The van der Waals surface area contributed by atoms with Crippen LogP contribution in [0.5, 0.6) is 0 Å². The molecule has 0 aliphatic heterocycles. The second-order valence-corrected chi connectivity index (χ2v) is 0. The zero-order valence-electron chi connectivity index (χ0n) is 6.41. The van der Waals surface area contributed by atoms with Crippen molar-refractivity contribution in [1.29, 1.82) is 0 Å². The monoisotopic (exact) mass is 136 g/mol. The molecule has 0 N–H and O–H groups in total. The largest absolute Gasteiger partial charge is 2.00 e. The van der Waals surface area contributed by atoms with Gasteiger partial charge in [0, 0.05) is 0 Å². The summed E-state index contributed by atoms with van der Waals surface area (Å²) in [5.74, 6) is 0. The van der Waals surface area contributed by atoms with Gasteiger partial charge in [0.1, 0.15) is 0 Å². The maximum Gasteiger partial charge on any atom is 2.00 e. The smallest absolute Gasteiger partial charge is 1.00 e. The van der Waals surface area contributed by atoms with Gasteiger partial charge in [-0.1, -0.05) is 0 Å². The predicted molar refractivity (Wildman–Crippen MR) is 36.7 cm³/mol. The summed E-state index contributed by atoms with van der Waals surface area (Å²) in [7, 11) is 0. The Morgan fingerprint density at radius 1 is 1.00 bits per heavy atom. The van der Waals surface area contributed by atoms with Crippen molar-refractivity contribution in [3.8, 4) is 0 Å². The van der Waals surface area contributed by atoms with Crippen LogP contribution in [-0.2, 0) is 0 Å². The molecule has 24 valence electrons. The predicted octanol–water partition coefficient (Wildman–Crippen LogP) is -0.0860. The minimum Gasteiger partial charge on any atom is -1.00 e.